The molecule has 0 spiro atoms. The van der Waals surface area contributed by atoms with Crippen molar-refractivity contribution in [1.82, 2.24) is 5.32 Å². The molecule has 0 bridgehead atoms. The molecule has 0 saturated carbocycles. The van der Waals surface area contributed by atoms with Gasteiger partial charge in [-0.15, -0.1) is 0 Å². The number of carbonyl (C=O) groups excluding carboxylic acids is 1. The lowest BCUT2D eigenvalue weighted by Gasteiger charge is -2.26. The summed E-state index contributed by atoms with van der Waals surface area (Å²) in [5.74, 6) is 0.135. The molecule has 5 heteroatoms. The van der Waals surface area contributed by atoms with E-state index < -0.39 is 0 Å². The molecular formula is C16H15NO4. The minimum Gasteiger partial charge on any atom is -0.508 e. The molecule has 1 aliphatic heterocycles. The number of phenolic OH excluding ortho intramolecular Hbond substituents is 2. The van der Waals surface area contributed by atoms with Gasteiger partial charge in [-0.2, -0.15) is 0 Å². The van der Waals surface area contributed by atoms with Crippen LogP contribution in [0.4, 0.5) is 0 Å². The van der Waals surface area contributed by atoms with Gasteiger partial charge >= 0.3 is 0 Å². The van der Waals surface area contributed by atoms with Gasteiger partial charge in [0.2, 0.25) is 0 Å². The zero-order valence-corrected chi connectivity index (χ0v) is 11.2. The highest BCUT2D eigenvalue weighted by Gasteiger charge is 2.23. The quantitative estimate of drug-likeness (QED) is 0.791. The third kappa shape index (κ3) is 2.76. The van der Waals surface area contributed by atoms with Gasteiger partial charge in [-0.25, -0.2) is 0 Å². The number of rotatable bonds is 2. The zero-order chi connectivity index (χ0) is 14.8. The van der Waals surface area contributed by atoms with E-state index in [4.69, 9.17) is 4.74 Å². The molecule has 1 atom stereocenters. The van der Waals surface area contributed by atoms with Crippen LogP contribution in [0.3, 0.4) is 0 Å². The molecule has 21 heavy (non-hydrogen) atoms. The highest BCUT2D eigenvalue weighted by molar-refractivity contribution is 5.95. The Morgan fingerprint density at radius 2 is 1.86 bits per heavy atom. The molecule has 1 unspecified atom stereocenters. The number of fused-ring (bicyclic) bond motifs is 1. The van der Waals surface area contributed by atoms with Gasteiger partial charge in [0, 0.05) is 23.6 Å². The summed E-state index contributed by atoms with van der Waals surface area (Å²) in [6, 6.07) is 11.2. The van der Waals surface area contributed by atoms with Gasteiger partial charge in [0.25, 0.3) is 5.91 Å². The molecule has 0 saturated heterocycles. The van der Waals surface area contributed by atoms with Crippen LogP contribution < -0.4 is 10.1 Å². The summed E-state index contributed by atoms with van der Waals surface area (Å²) in [6.45, 7) is 0.535. The number of amides is 1. The Bertz CT molecular complexity index is 663. The standard InChI is InChI=1S/C16H15NO4/c18-11-7-10(8-12(19)9-11)16(20)17-14-5-6-21-15-4-2-1-3-13(14)15/h1-4,7-9,14,18-19H,5-6H2,(H,17,20). The second kappa shape index (κ2) is 5.36. The first kappa shape index (κ1) is 13.3. The Hall–Kier alpha value is -2.69. The molecule has 1 amide bonds. The van der Waals surface area contributed by atoms with E-state index in [1.165, 1.54) is 18.2 Å². The monoisotopic (exact) mass is 285 g/mol. The number of para-hydroxylation sites is 1. The molecule has 5 nitrogen and oxygen atoms in total. The number of benzene rings is 2. The molecule has 0 radical (unpaired) electrons. The van der Waals surface area contributed by atoms with Crippen LogP contribution in [0.2, 0.25) is 0 Å². The molecule has 2 aromatic rings. The van der Waals surface area contributed by atoms with Crippen LogP contribution in [0.15, 0.2) is 42.5 Å². The van der Waals surface area contributed by atoms with Crippen molar-refractivity contribution in [3.05, 3.63) is 53.6 Å². The van der Waals surface area contributed by atoms with Crippen LogP contribution in [0, 0.1) is 0 Å². The number of hydrogen-bond donors (Lipinski definition) is 3. The average Bonchev–Trinajstić information content (AvgIpc) is 2.46. The lowest BCUT2D eigenvalue weighted by molar-refractivity contribution is 0.0924. The van der Waals surface area contributed by atoms with Crippen molar-refractivity contribution in [1.29, 1.82) is 0 Å². The van der Waals surface area contributed by atoms with Crippen molar-refractivity contribution in [2.75, 3.05) is 6.61 Å². The lowest BCUT2D eigenvalue weighted by Crippen LogP contribution is -2.32. The van der Waals surface area contributed by atoms with Crippen molar-refractivity contribution in [2.45, 2.75) is 12.5 Å². The lowest BCUT2D eigenvalue weighted by atomic mass is 10.00. The first-order valence-corrected chi connectivity index (χ1v) is 6.69. The summed E-state index contributed by atoms with van der Waals surface area (Å²) < 4.78 is 5.55. The maximum absolute atomic E-state index is 12.3. The topological polar surface area (TPSA) is 78.8 Å². The molecule has 0 aromatic heterocycles. The van der Waals surface area contributed by atoms with Gasteiger partial charge in [0.1, 0.15) is 17.2 Å². The van der Waals surface area contributed by atoms with Crippen LogP contribution in [0.5, 0.6) is 17.2 Å². The minimum absolute atomic E-state index is 0.146. The number of phenols is 2. The van der Waals surface area contributed by atoms with E-state index in [2.05, 4.69) is 5.32 Å². The molecule has 2 aromatic carbocycles. The summed E-state index contributed by atoms with van der Waals surface area (Å²) in [5, 5.41) is 21.8. The van der Waals surface area contributed by atoms with E-state index >= 15 is 0 Å². The van der Waals surface area contributed by atoms with Crippen molar-refractivity contribution in [3.8, 4) is 17.2 Å². The summed E-state index contributed by atoms with van der Waals surface area (Å²) in [4.78, 5) is 12.3. The van der Waals surface area contributed by atoms with Gasteiger partial charge in [0.15, 0.2) is 0 Å². The van der Waals surface area contributed by atoms with E-state index in [1.807, 2.05) is 24.3 Å². The van der Waals surface area contributed by atoms with E-state index in [0.717, 1.165) is 11.3 Å². The second-order valence-corrected chi connectivity index (χ2v) is 4.94. The molecule has 1 heterocycles. The third-order valence-corrected chi connectivity index (χ3v) is 3.43. The predicted molar refractivity (Wildman–Crippen MR) is 76.5 cm³/mol. The van der Waals surface area contributed by atoms with E-state index in [-0.39, 0.29) is 29.0 Å². The Morgan fingerprint density at radius 3 is 2.62 bits per heavy atom. The van der Waals surface area contributed by atoms with Crippen molar-refractivity contribution in [3.63, 3.8) is 0 Å². The third-order valence-electron chi connectivity index (χ3n) is 3.43. The molecular weight excluding hydrogens is 270 g/mol. The van der Waals surface area contributed by atoms with Crippen LogP contribution in [0.1, 0.15) is 28.4 Å². The molecule has 3 rings (SSSR count). The zero-order valence-electron chi connectivity index (χ0n) is 11.2. The maximum Gasteiger partial charge on any atom is 0.252 e. The summed E-state index contributed by atoms with van der Waals surface area (Å²) in [7, 11) is 0. The first-order valence-electron chi connectivity index (χ1n) is 6.69. The fraction of sp³-hybridized carbons (Fsp3) is 0.188. The highest BCUT2D eigenvalue weighted by atomic mass is 16.5. The SMILES string of the molecule is O=C(NC1CCOc2ccccc21)c1cc(O)cc(O)c1. The van der Waals surface area contributed by atoms with Crippen LogP contribution in [-0.2, 0) is 0 Å². The van der Waals surface area contributed by atoms with E-state index in [0.29, 0.717) is 13.0 Å². The van der Waals surface area contributed by atoms with E-state index in [9.17, 15) is 15.0 Å². The highest BCUT2D eigenvalue weighted by Crippen LogP contribution is 2.32. The Labute approximate surface area is 121 Å². The second-order valence-electron chi connectivity index (χ2n) is 4.94. The van der Waals surface area contributed by atoms with Gasteiger partial charge in [-0.1, -0.05) is 18.2 Å². The van der Waals surface area contributed by atoms with Crippen molar-refractivity contribution >= 4 is 5.91 Å². The van der Waals surface area contributed by atoms with Gasteiger partial charge in [-0.3, -0.25) is 4.79 Å². The van der Waals surface area contributed by atoms with Gasteiger partial charge in [-0.05, 0) is 18.2 Å². The van der Waals surface area contributed by atoms with Gasteiger partial charge < -0.3 is 20.3 Å². The smallest absolute Gasteiger partial charge is 0.252 e. The number of hydrogen-bond acceptors (Lipinski definition) is 4. The summed E-state index contributed by atoms with van der Waals surface area (Å²) in [5.41, 5.74) is 1.15. The Balaban J connectivity index is 1.82. The fourth-order valence-electron chi connectivity index (χ4n) is 2.46. The summed E-state index contributed by atoms with van der Waals surface area (Å²) >= 11 is 0. The average molecular weight is 285 g/mol. The number of carbonyl (C=O) groups is 1. The molecule has 0 fully saturated rings. The molecule has 1 aliphatic rings. The predicted octanol–water partition coefficient (Wildman–Crippen LogP) is 2.35. The number of aromatic hydroxyl groups is 2. The normalized spacial score (nSPS) is 16.7. The Kier molecular flexibility index (Phi) is 3.39. The summed E-state index contributed by atoms with van der Waals surface area (Å²) in [6.07, 6.45) is 0.674. The Morgan fingerprint density at radius 1 is 1.14 bits per heavy atom. The van der Waals surface area contributed by atoms with Crippen LogP contribution >= 0.6 is 0 Å². The molecule has 108 valence electrons. The largest absolute Gasteiger partial charge is 0.508 e. The van der Waals surface area contributed by atoms with E-state index in [1.54, 1.807) is 0 Å². The minimum atomic E-state index is -0.345. The molecule has 0 aliphatic carbocycles. The van der Waals surface area contributed by atoms with Crippen LogP contribution in [0.25, 0.3) is 0 Å². The van der Waals surface area contributed by atoms with Crippen molar-refractivity contribution in [2.24, 2.45) is 0 Å². The fourth-order valence-corrected chi connectivity index (χ4v) is 2.46. The van der Waals surface area contributed by atoms with Crippen molar-refractivity contribution < 1.29 is 19.7 Å². The number of nitrogens with one attached hydrogen (secondary N) is 1. The van der Waals surface area contributed by atoms with Crippen LogP contribution in [-0.4, -0.2) is 22.7 Å². The number of ether oxygens (including phenoxy) is 1. The molecule has 3 N–H and O–H groups in total. The first-order chi connectivity index (χ1) is 10.1. The van der Waals surface area contributed by atoms with Gasteiger partial charge in [0.05, 0.1) is 12.6 Å². The maximum atomic E-state index is 12.3.